The molecule has 0 saturated heterocycles. The maximum atomic E-state index is 13.2. The van der Waals surface area contributed by atoms with E-state index in [1.54, 1.807) is 18.3 Å². The minimum absolute atomic E-state index is 0. The molecule has 1 atom stereocenters. The summed E-state index contributed by atoms with van der Waals surface area (Å²) in [7, 11) is 0. The molecule has 4 rings (SSSR count). The molecular formula is C29H33Cl2FN4O2. The zero-order chi connectivity index (χ0) is 25.3. The maximum absolute atomic E-state index is 13.2. The Morgan fingerprint density at radius 1 is 0.974 bits per heavy atom. The minimum atomic E-state index is -0.529. The van der Waals surface area contributed by atoms with Crippen molar-refractivity contribution in [2.45, 2.75) is 32.4 Å². The standard InChI is InChI=1S/C29H31FN4O2.2ClH/c1-21-18-32-28(34(21)20-23-7-11-25(30)12-8-23)17-29(36)33-26-13-9-22(10-14-26)15-16-31-19-27(35)24-5-3-2-4-6-24;;/h2-14,18,27,31,35H,15-17,19-20H2,1H3,(H,33,36);2*1H/t27-;;/m0../s1. The lowest BCUT2D eigenvalue weighted by molar-refractivity contribution is -0.115. The number of carbonyl (C=O) groups excluding carboxylic acids is 1. The number of benzene rings is 3. The molecule has 0 aliphatic rings. The second kappa shape index (κ2) is 15.2. The number of carbonyl (C=O) groups is 1. The van der Waals surface area contributed by atoms with E-state index < -0.39 is 6.10 Å². The van der Waals surface area contributed by atoms with Crippen LogP contribution in [0.15, 0.2) is 85.1 Å². The van der Waals surface area contributed by atoms with Crippen LogP contribution in [0.5, 0.6) is 0 Å². The van der Waals surface area contributed by atoms with Gasteiger partial charge < -0.3 is 20.3 Å². The molecule has 9 heteroatoms. The highest BCUT2D eigenvalue weighted by Crippen LogP contribution is 2.14. The fraction of sp³-hybridized carbons (Fsp3) is 0.241. The largest absolute Gasteiger partial charge is 0.387 e. The number of aliphatic hydroxyl groups excluding tert-OH is 1. The highest BCUT2D eigenvalue weighted by Gasteiger charge is 2.13. The van der Waals surface area contributed by atoms with Gasteiger partial charge in [-0.3, -0.25) is 4.79 Å². The number of aromatic nitrogens is 2. The van der Waals surface area contributed by atoms with Crippen molar-refractivity contribution in [3.05, 3.63) is 119 Å². The summed E-state index contributed by atoms with van der Waals surface area (Å²) in [5.41, 5.74) is 4.65. The Morgan fingerprint density at radius 3 is 2.32 bits per heavy atom. The monoisotopic (exact) mass is 558 g/mol. The lowest BCUT2D eigenvalue weighted by Crippen LogP contribution is -2.23. The highest BCUT2D eigenvalue weighted by atomic mass is 35.5. The van der Waals surface area contributed by atoms with Crippen LogP contribution in [0.25, 0.3) is 0 Å². The second-order valence-corrected chi connectivity index (χ2v) is 8.83. The van der Waals surface area contributed by atoms with Crippen molar-refractivity contribution < 1.29 is 14.3 Å². The molecule has 0 bridgehead atoms. The van der Waals surface area contributed by atoms with E-state index in [2.05, 4.69) is 15.6 Å². The molecule has 0 saturated carbocycles. The van der Waals surface area contributed by atoms with Gasteiger partial charge in [-0.15, -0.1) is 24.8 Å². The molecule has 3 aromatic carbocycles. The van der Waals surface area contributed by atoms with Crippen molar-refractivity contribution in [3.63, 3.8) is 0 Å². The summed E-state index contributed by atoms with van der Waals surface area (Å²) in [4.78, 5) is 17.1. The first-order chi connectivity index (χ1) is 17.5. The van der Waals surface area contributed by atoms with Gasteiger partial charge in [-0.2, -0.15) is 0 Å². The summed E-state index contributed by atoms with van der Waals surface area (Å²) in [6, 6.07) is 23.7. The van der Waals surface area contributed by atoms with Crippen molar-refractivity contribution in [1.82, 2.24) is 14.9 Å². The summed E-state index contributed by atoms with van der Waals surface area (Å²) in [5, 5.41) is 16.4. The van der Waals surface area contributed by atoms with Crippen LogP contribution in [0.3, 0.4) is 0 Å². The Balaban J connectivity index is 0.00000253. The number of hydrogen-bond donors (Lipinski definition) is 3. The first-order valence-electron chi connectivity index (χ1n) is 12.1. The number of hydrogen-bond acceptors (Lipinski definition) is 4. The van der Waals surface area contributed by atoms with Gasteiger partial charge in [0.1, 0.15) is 11.6 Å². The van der Waals surface area contributed by atoms with Crippen molar-refractivity contribution in [3.8, 4) is 0 Å². The Hall–Kier alpha value is -3.23. The van der Waals surface area contributed by atoms with Crippen LogP contribution in [0.4, 0.5) is 10.1 Å². The topological polar surface area (TPSA) is 79.2 Å². The van der Waals surface area contributed by atoms with Crippen molar-refractivity contribution >= 4 is 36.4 Å². The lowest BCUT2D eigenvalue weighted by atomic mass is 10.1. The van der Waals surface area contributed by atoms with Gasteiger partial charge in [0, 0.05) is 30.7 Å². The molecule has 0 unspecified atom stereocenters. The van der Waals surface area contributed by atoms with Gasteiger partial charge in [-0.1, -0.05) is 54.6 Å². The third-order valence-corrected chi connectivity index (χ3v) is 6.06. The third kappa shape index (κ3) is 8.96. The van der Waals surface area contributed by atoms with E-state index in [1.807, 2.05) is 66.1 Å². The van der Waals surface area contributed by atoms with Crippen molar-refractivity contribution in [1.29, 1.82) is 0 Å². The Labute approximate surface area is 235 Å². The maximum Gasteiger partial charge on any atom is 0.231 e. The fourth-order valence-electron chi connectivity index (χ4n) is 4.01. The molecule has 3 N–H and O–H groups in total. The van der Waals surface area contributed by atoms with E-state index in [1.165, 1.54) is 12.1 Å². The number of aryl methyl sites for hydroxylation is 1. The number of amides is 1. The normalized spacial score (nSPS) is 11.2. The number of halogens is 3. The molecule has 202 valence electrons. The molecule has 1 amide bonds. The van der Waals surface area contributed by atoms with Crippen LogP contribution >= 0.6 is 24.8 Å². The van der Waals surface area contributed by atoms with Gasteiger partial charge in [-0.05, 0) is 60.8 Å². The van der Waals surface area contributed by atoms with Crippen LogP contribution in [0.1, 0.15) is 34.3 Å². The van der Waals surface area contributed by atoms with E-state index in [0.717, 1.165) is 41.0 Å². The van der Waals surface area contributed by atoms with E-state index in [9.17, 15) is 14.3 Å². The number of nitrogens with zero attached hydrogens (tertiary/aromatic N) is 2. The Bertz CT molecular complexity index is 1270. The molecule has 0 fully saturated rings. The average Bonchev–Trinajstić information content (AvgIpc) is 3.23. The number of anilines is 1. The molecule has 4 aromatic rings. The molecule has 0 aliphatic carbocycles. The van der Waals surface area contributed by atoms with Crippen molar-refractivity contribution in [2.75, 3.05) is 18.4 Å². The summed E-state index contributed by atoms with van der Waals surface area (Å²) in [6.07, 6.45) is 2.17. The zero-order valence-electron chi connectivity index (χ0n) is 21.1. The average molecular weight is 560 g/mol. The lowest BCUT2D eigenvalue weighted by Gasteiger charge is -2.12. The molecule has 0 aliphatic heterocycles. The molecule has 0 spiro atoms. The first kappa shape index (κ1) is 31.0. The van der Waals surface area contributed by atoms with Crippen LogP contribution in [-0.4, -0.2) is 33.7 Å². The first-order valence-corrected chi connectivity index (χ1v) is 12.1. The number of rotatable bonds is 11. The van der Waals surface area contributed by atoms with E-state index >= 15 is 0 Å². The van der Waals surface area contributed by atoms with Gasteiger partial charge in [0.25, 0.3) is 0 Å². The second-order valence-electron chi connectivity index (χ2n) is 8.83. The van der Waals surface area contributed by atoms with Gasteiger partial charge >= 0.3 is 0 Å². The summed E-state index contributed by atoms with van der Waals surface area (Å²) in [5.74, 6) is 0.241. The van der Waals surface area contributed by atoms with E-state index in [4.69, 9.17) is 0 Å². The Kier molecular flexibility index (Phi) is 12.4. The zero-order valence-corrected chi connectivity index (χ0v) is 22.8. The highest BCUT2D eigenvalue weighted by molar-refractivity contribution is 5.91. The van der Waals surface area contributed by atoms with E-state index in [0.29, 0.717) is 18.9 Å². The van der Waals surface area contributed by atoms with Gasteiger partial charge in [0.2, 0.25) is 5.91 Å². The number of nitrogens with one attached hydrogen (secondary N) is 2. The van der Waals surface area contributed by atoms with Crippen LogP contribution in [0.2, 0.25) is 0 Å². The minimum Gasteiger partial charge on any atom is -0.387 e. The number of aliphatic hydroxyl groups is 1. The molecule has 38 heavy (non-hydrogen) atoms. The fourth-order valence-corrected chi connectivity index (χ4v) is 4.01. The van der Waals surface area contributed by atoms with E-state index in [-0.39, 0.29) is 43.0 Å². The summed E-state index contributed by atoms with van der Waals surface area (Å²) >= 11 is 0. The smallest absolute Gasteiger partial charge is 0.231 e. The number of imidazole rings is 1. The summed E-state index contributed by atoms with van der Waals surface area (Å²) in [6.45, 7) is 3.70. The molecule has 1 aromatic heterocycles. The van der Waals surface area contributed by atoms with Crippen molar-refractivity contribution in [2.24, 2.45) is 0 Å². The molecule has 1 heterocycles. The Morgan fingerprint density at radius 2 is 1.63 bits per heavy atom. The van der Waals surface area contributed by atoms with Crippen LogP contribution in [-0.2, 0) is 24.2 Å². The molecular weight excluding hydrogens is 526 g/mol. The quantitative estimate of drug-likeness (QED) is 0.219. The molecule has 6 nitrogen and oxygen atoms in total. The predicted molar refractivity (Wildman–Crippen MR) is 154 cm³/mol. The molecule has 0 radical (unpaired) electrons. The predicted octanol–water partition coefficient (Wildman–Crippen LogP) is 5.27. The third-order valence-electron chi connectivity index (χ3n) is 6.06. The van der Waals surface area contributed by atoms with Gasteiger partial charge in [0.05, 0.1) is 12.5 Å². The van der Waals surface area contributed by atoms with Gasteiger partial charge in [-0.25, -0.2) is 9.37 Å². The van der Waals surface area contributed by atoms with Crippen LogP contribution < -0.4 is 10.6 Å². The summed E-state index contributed by atoms with van der Waals surface area (Å²) < 4.78 is 15.2. The SMILES string of the molecule is Cc1cnc(CC(=O)Nc2ccc(CCNC[C@H](O)c3ccccc3)cc2)n1Cc1ccc(F)cc1.Cl.Cl. The van der Waals surface area contributed by atoms with Gasteiger partial charge in [0.15, 0.2) is 0 Å². The van der Waals surface area contributed by atoms with Crippen LogP contribution in [0, 0.1) is 12.7 Å².